The molecule has 2 aromatic carbocycles. The molecule has 0 amide bonds. The number of halogens is 1. The number of carbonyl (C=O) groups is 3. The molecule has 0 atom stereocenters. The summed E-state index contributed by atoms with van der Waals surface area (Å²) in [5.74, 6) is -0.866. The molecule has 0 spiro atoms. The summed E-state index contributed by atoms with van der Waals surface area (Å²) in [5, 5.41) is 1.22. The van der Waals surface area contributed by atoms with E-state index in [1.54, 1.807) is 61.1 Å². The number of hydrogen-bond acceptors (Lipinski definition) is 7. The Labute approximate surface area is 215 Å². The van der Waals surface area contributed by atoms with Crippen LogP contribution in [0.4, 0.5) is 0 Å². The van der Waals surface area contributed by atoms with Crippen LogP contribution in [0.2, 0.25) is 5.02 Å². The fraction of sp³-hybridized carbons (Fsp3) is 0.370. The van der Waals surface area contributed by atoms with E-state index in [1.165, 1.54) is 0 Å². The quantitative estimate of drug-likeness (QED) is 0.353. The lowest BCUT2D eigenvalue weighted by Crippen LogP contribution is -2.28. The monoisotopic (exact) mass is 514 g/mol. The van der Waals surface area contributed by atoms with Crippen LogP contribution in [-0.2, 0) is 25.5 Å². The molecule has 0 bridgehead atoms. The van der Waals surface area contributed by atoms with Gasteiger partial charge >= 0.3 is 11.9 Å². The minimum atomic E-state index is -0.603. The lowest BCUT2D eigenvalue weighted by molar-refractivity contribution is -0.158. The molecule has 8 nitrogen and oxygen atoms in total. The van der Waals surface area contributed by atoms with Crippen LogP contribution < -0.4 is 4.74 Å². The van der Waals surface area contributed by atoms with Gasteiger partial charge in [0, 0.05) is 28.2 Å². The van der Waals surface area contributed by atoms with Crippen molar-refractivity contribution in [2.75, 3.05) is 40.0 Å². The van der Waals surface area contributed by atoms with Gasteiger partial charge in [0.15, 0.2) is 6.61 Å². The zero-order chi connectivity index (χ0) is 26.2. The van der Waals surface area contributed by atoms with E-state index >= 15 is 0 Å². The number of fused-ring (bicyclic) bond motifs is 1. The highest BCUT2D eigenvalue weighted by Crippen LogP contribution is 2.31. The number of rotatable bonds is 11. The number of ether oxygens (including phenoxy) is 3. The number of hydrogen-bond donors (Lipinski definition) is 0. The maximum absolute atomic E-state index is 13.4. The maximum Gasteiger partial charge on any atom is 0.344 e. The number of likely N-dealkylation sites (N-methyl/N-ethyl adjacent to an activating group) is 1. The van der Waals surface area contributed by atoms with E-state index in [0.717, 1.165) is 13.1 Å². The molecule has 1 heterocycles. The largest absolute Gasteiger partial charge is 0.497 e. The first-order valence-electron chi connectivity index (χ1n) is 11.8. The number of aromatic nitrogens is 1. The van der Waals surface area contributed by atoms with Crippen molar-refractivity contribution in [1.82, 2.24) is 9.47 Å². The lowest BCUT2D eigenvalue weighted by Gasteiger charge is -2.17. The van der Waals surface area contributed by atoms with E-state index in [4.69, 9.17) is 25.8 Å². The van der Waals surface area contributed by atoms with Crippen LogP contribution >= 0.6 is 11.6 Å². The van der Waals surface area contributed by atoms with Gasteiger partial charge in [0.05, 0.1) is 19.0 Å². The van der Waals surface area contributed by atoms with Crippen molar-refractivity contribution < 1.29 is 28.6 Å². The Balaban J connectivity index is 1.77. The van der Waals surface area contributed by atoms with Crippen LogP contribution in [0.15, 0.2) is 42.5 Å². The Hall–Kier alpha value is -3.36. The van der Waals surface area contributed by atoms with E-state index in [-0.39, 0.29) is 18.9 Å². The molecule has 9 heteroatoms. The molecule has 0 aliphatic carbocycles. The van der Waals surface area contributed by atoms with Gasteiger partial charge in [-0.05, 0) is 68.0 Å². The third-order valence-corrected chi connectivity index (χ3v) is 6.33. The Bertz CT molecular complexity index is 1230. The predicted molar refractivity (Wildman–Crippen MR) is 138 cm³/mol. The summed E-state index contributed by atoms with van der Waals surface area (Å²) < 4.78 is 17.2. The molecular weight excluding hydrogens is 484 g/mol. The molecule has 0 unspecified atom stereocenters. The molecule has 3 aromatic rings. The molecule has 192 valence electrons. The van der Waals surface area contributed by atoms with Crippen molar-refractivity contribution in [2.24, 2.45) is 0 Å². The second-order valence-corrected chi connectivity index (χ2v) is 8.62. The van der Waals surface area contributed by atoms with Gasteiger partial charge in [-0.1, -0.05) is 25.4 Å². The molecule has 0 fully saturated rings. The van der Waals surface area contributed by atoms with E-state index < -0.39 is 18.5 Å². The summed E-state index contributed by atoms with van der Waals surface area (Å²) >= 11 is 5.97. The summed E-state index contributed by atoms with van der Waals surface area (Å²) in [6.45, 7) is 7.94. The third-order valence-electron chi connectivity index (χ3n) is 6.07. The standard InChI is InChI=1S/C27H31ClN2O6/c1-5-29(6-2)13-14-35-26(32)17-36-25(31)16-22-18(3)30(24-12-11-21(34-4)15-23(22)24)27(33)19-7-9-20(28)10-8-19/h7-12,15H,5-6,13-14,16-17H2,1-4H3. The average Bonchev–Trinajstić information content (AvgIpc) is 3.15. The third kappa shape index (κ3) is 6.44. The van der Waals surface area contributed by atoms with Crippen LogP contribution in [-0.4, -0.2) is 67.3 Å². The van der Waals surface area contributed by atoms with Gasteiger partial charge in [-0.15, -0.1) is 0 Å². The lowest BCUT2D eigenvalue weighted by atomic mass is 10.1. The number of esters is 2. The van der Waals surface area contributed by atoms with E-state index in [0.29, 0.717) is 45.0 Å². The second kappa shape index (κ2) is 12.6. The second-order valence-electron chi connectivity index (χ2n) is 8.18. The van der Waals surface area contributed by atoms with Crippen molar-refractivity contribution in [3.8, 4) is 5.75 Å². The highest BCUT2D eigenvalue weighted by atomic mass is 35.5. The SMILES string of the molecule is CCN(CC)CCOC(=O)COC(=O)Cc1c(C)n(C(=O)c2ccc(Cl)cc2)c2ccc(OC)cc12. The topological polar surface area (TPSA) is 87.1 Å². The molecule has 0 aliphatic rings. The van der Waals surface area contributed by atoms with Gasteiger partial charge in [-0.25, -0.2) is 4.79 Å². The van der Waals surface area contributed by atoms with Crippen molar-refractivity contribution >= 4 is 40.3 Å². The molecule has 0 radical (unpaired) electrons. The first-order valence-corrected chi connectivity index (χ1v) is 12.2. The summed E-state index contributed by atoms with van der Waals surface area (Å²) in [6, 6.07) is 11.9. The van der Waals surface area contributed by atoms with Crippen molar-refractivity contribution in [3.63, 3.8) is 0 Å². The fourth-order valence-corrected chi connectivity index (χ4v) is 4.13. The van der Waals surface area contributed by atoms with Crippen molar-refractivity contribution in [1.29, 1.82) is 0 Å². The summed E-state index contributed by atoms with van der Waals surface area (Å²) in [6.07, 6.45) is -0.122. The number of methoxy groups -OCH3 is 1. The molecule has 36 heavy (non-hydrogen) atoms. The first-order chi connectivity index (χ1) is 17.3. The highest BCUT2D eigenvalue weighted by molar-refractivity contribution is 6.30. The summed E-state index contributed by atoms with van der Waals surface area (Å²) in [5.41, 5.74) is 2.30. The summed E-state index contributed by atoms with van der Waals surface area (Å²) in [7, 11) is 1.55. The Morgan fingerprint density at radius 1 is 0.972 bits per heavy atom. The maximum atomic E-state index is 13.4. The van der Waals surface area contributed by atoms with E-state index in [1.807, 2.05) is 13.8 Å². The number of carbonyl (C=O) groups excluding carboxylic acids is 3. The van der Waals surface area contributed by atoms with Crippen LogP contribution in [0.25, 0.3) is 10.9 Å². The highest BCUT2D eigenvalue weighted by Gasteiger charge is 2.23. The van der Waals surface area contributed by atoms with Crippen molar-refractivity contribution in [3.05, 3.63) is 64.3 Å². The Morgan fingerprint density at radius 2 is 1.67 bits per heavy atom. The van der Waals surface area contributed by atoms with E-state index in [9.17, 15) is 14.4 Å². The molecular formula is C27H31ClN2O6. The Kier molecular flexibility index (Phi) is 9.50. The van der Waals surface area contributed by atoms with Crippen LogP contribution in [0.1, 0.15) is 35.5 Å². The van der Waals surface area contributed by atoms with E-state index in [2.05, 4.69) is 4.90 Å². The van der Waals surface area contributed by atoms with Gasteiger partial charge in [0.25, 0.3) is 5.91 Å². The van der Waals surface area contributed by atoms with Crippen LogP contribution in [0.5, 0.6) is 5.75 Å². The predicted octanol–water partition coefficient (Wildman–Crippen LogP) is 4.27. The molecule has 0 aliphatic heterocycles. The van der Waals surface area contributed by atoms with Gasteiger partial charge < -0.3 is 19.1 Å². The minimum absolute atomic E-state index is 0.122. The normalized spacial score (nSPS) is 11.1. The zero-order valence-electron chi connectivity index (χ0n) is 21.0. The molecule has 3 rings (SSSR count). The summed E-state index contributed by atoms with van der Waals surface area (Å²) in [4.78, 5) is 40.1. The van der Waals surface area contributed by atoms with Crippen LogP contribution in [0, 0.1) is 6.92 Å². The Morgan fingerprint density at radius 3 is 2.31 bits per heavy atom. The number of benzene rings is 2. The smallest absolute Gasteiger partial charge is 0.344 e. The molecule has 0 saturated heterocycles. The fourth-order valence-electron chi connectivity index (χ4n) is 4.00. The number of nitrogens with zero attached hydrogens (tertiary/aromatic N) is 2. The van der Waals surface area contributed by atoms with Gasteiger partial charge in [-0.2, -0.15) is 0 Å². The first kappa shape index (κ1) is 27.2. The zero-order valence-corrected chi connectivity index (χ0v) is 21.8. The van der Waals surface area contributed by atoms with Gasteiger partial charge in [0.1, 0.15) is 12.4 Å². The van der Waals surface area contributed by atoms with Gasteiger partial charge in [0.2, 0.25) is 0 Å². The molecule has 0 N–H and O–H groups in total. The van der Waals surface area contributed by atoms with Crippen LogP contribution in [0.3, 0.4) is 0 Å². The minimum Gasteiger partial charge on any atom is -0.497 e. The molecule has 0 saturated carbocycles. The van der Waals surface area contributed by atoms with Crippen molar-refractivity contribution in [2.45, 2.75) is 27.2 Å². The van der Waals surface area contributed by atoms with Gasteiger partial charge in [-0.3, -0.25) is 14.2 Å². The average molecular weight is 515 g/mol. The molecule has 1 aromatic heterocycles.